The number of carbonyl (C=O) groups excluding carboxylic acids is 3. The van der Waals surface area contributed by atoms with E-state index in [1.54, 1.807) is 5.38 Å². The van der Waals surface area contributed by atoms with Crippen molar-refractivity contribution in [3.63, 3.8) is 0 Å². The van der Waals surface area contributed by atoms with Crippen LogP contribution in [0.3, 0.4) is 0 Å². The first-order chi connectivity index (χ1) is 19.9. The number of ether oxygens (including phenoxy) is 1. The van der Waals surface area contributed by atoms with E-state index < -0.39 is 17.6 Å². The van der Waals surface area contributed by atoms with Gasteiger partial charge in [-0.3, -0.25) is 14.4 Å². The molecule has 1 aromatic heterocycles. The molecular formula is C31H31FN4O4S. The average molecular weight is 575 g/mol. The second-order valence-corrected chi connectivity index (χ2v) is 10.2. The summed E-state index contributed by atoms with van der Waals surface area (Å²) < 4.78 is 18.3. The van der Waals surface area contributed by atoms with Gasteiger partial charge in [-0.05, 0) is 41.8 Å². The SMILES string of the molecule is COCCN(CC(=O)Nc1nc(CC(=O)NC(Cc2ccccc2)c2ccccc2)cs1)C(=O)c1ccc(F)cc1. The van der Waals surface area contributed by atoms with E-state index in [1.165, 1.54) is 47.6 Å². The molecule has 8 nitrogen and oxygen atoms in total. The minimum Gasteiger partial charge on any atom is -0.383 e. The molecule has 2 N–H and O–H groups in total. The van der Waals surface area contributed by atoms with Crippen LogP contribution in [-0.4, -0.2) is 54.4 Å². The molecule has 3 amide bonds. The third-order valence-electron chi connectivity index (χ3n) is 6.24. The summed E-state index contributed by atoms with van der Waals surface area (Å²) >= 11 is 1.20. The molecule has 1 heterocycles. The number of hydrogen-bond acceptors (Lipinski definition) is 6. The maximum atomic E-state index is 13.3. The van der Waals surface area contributed by atoms with E-state index in [9.17, 15) is 18.8 Å². The molecule has 0 saturated carbocycles. The molecule has 41 heavy (non-hydrogen) atoms. The smallest absolute Gasteiger partial charge is 0.254 e. The number of halogens is 1. The lowest BCUT2D eigenvalue weighted by molar-refractivity contribution is -0.121. The first kappa shape index (κ1) is 29.6. The van der Waals surface area contributed by atoms with Gasteiger partial charge in [-0.25, -0.2) is 9.37 Å². The summed E-state index contributed by atoms with van der Waals surface area (Å²) in [5.74, 6) is -1.51. The first-order valence-electron chi connectivity index (χ1n) is 13.1. The second kappa shape index (κ2) is 14.8. The fourth-order valence-electron chi connectivity index (χ4n) is 4.20. The van der Waals surface area contributed by atoms with E-state index in [-0.39, 0.29) is 43.6 Å². The highest BCUT2D eigenvalue weighted by molar-refractivity contribution is 7.13. The summed E-state index contributed by atoms with van der Waals surface area (Å²) in [5.41, 5.74) is 2.90. The molecule has 1 atom stereocenters. The summed E-state index contributed by atoms with van der Waals surface area (Å²) in [6, 6.07) is 24.7. The van der Waals surface area contributed by atoms with Crippen molar-refractivity contribution in [1.82, 2.24) is 15.2 Å². The van der Waals surface area contributed by atoms with Crippen molar-refractivity contribution >= 4 is 34.2 Å². The highest BCUT2D eigenvalue weighted by Crippen LogP contribution is 2.20. The van der Waals surface area contributed by atoms with Crippen LogP contribution in [0.2, 0.25) is 0 Å². The summed E-state index contributed by atoms with van der Waals surface area (Å²) in [6.45, 7) is 0.160. The fourth-order valence-corrected chi connectivity index (χ4v) is 4.93. The Balaban J connectivity index is 1.35. The standard InChI is InChI=1S/C31H31FN4O4S/c1-40-17-16-36(30(39)24-12-14-25(32)15-13-24)20-29(38)35-31-33-26(21-41-31)19-28(37)34-27(23-10-6-3-7-11-23)18-22-8-4-2-5-9-22/h2-15,21,27H,16-20H2,1H3,(H,34,37)(H,33,35,38). The highest BCUT2D eigenvalue weighted by Gasteiger charge is 2.20. The van der Waals surface area contributed by atoms with Crippen LogP contribution in [0.25, 0.3) is 0 Å². The predicted molar refractivity (Wildman–Crippen MR) is 156 cm³/mol. The molecule has 0 fully saturated rings. The van der Waals surface area contributed by atoms with Crippen LogP contribution < -0.4 is 10.6 Å². The van der Waals surface area contributed by atoms with Crippen molar-refractivity contribution in [3.05, 3.63) is 119 Å². The zero-order chi connectivity index (χ0) is 29.0. The van der Waals surface area contributed by atoms with Gasteiger partial charge >= 0.3 is 0 Å². The Morgan fingerprint density at radius 2 is 1.63 bits per heavy atom. The maximum Gasteiger partial charge on any atom is 0.254 e. The van der Waals surface area contributed by atoms with Crippen LogP contribution in [0.4, 0.5) is 9.52 Å². The zero-order valence-corrected chi connectivity index (χ0v) is 23.4. The van der Waals surface area contributed by atoms with Crippen molar-refractivity contribution in [1.29, 1.82) is 0 Å². The molecule has 0 radical (unpaired) electrons. The minimum absolute atomic E-state index is 0.0491. The topological polar surface area (TPSA) is 101 Å². The first-order valence-corrected chi connectivity index (χ1v) is 14.0. The van der Waals surface area contributed by atoms with Crippen LogP contribution in [-0.2, 0) is 27.2 Å². The number of nitrogens with one attached hydrogen (secondary N) is 2. The number of amides is 3. The maximum absolute atomic E-state index is 13.3. The number of carbonyl (C=O) groups is 3. The molecular weight excluding hydrogens is 543 g/mol. The predicted octanol–water partition coefficient (Wildman–Crippen LogP) is 4.65. The molecule has 1 unspecified atom stereocenters. The Bertz CT molecular complexity index is 1430. The quantitative estimate of drug-likeness (QED) is 0.242. The van der Waals surface area contributed by atoms with Crippen molar-refractivity contribution in [3.8, 4) is 0 Å². The molecule has 212 valence electrons. The summed E-state index contributed by atoms with van der Waals surface area (Å²) in [4.78, 5) is 44.4. The van der Waals surface area contributed by atoms with E-state index in [0.717, 1.165) is 11.1 Å². The summed E-state index contributed by atoms with van der Waals surface area (Å²) in [6.07, 6.45) is 0.693. The third kappa shape index (κ3) is 9.06. The van der Waals surface area contributed by atoms with Crippen molar-refractivity contribution in [2.45, 2.75) is 18.9 Å². The molecule has 10 heteroatoms. The zero-order valence-electron chi connectivity index (χ0n) is 22.6. The molecule has 0 bridgehead atoms. The number of methoxy groups -OCH3 is 1. The molecule has 0 spiro atoms. The van der Waals surface area contributed by atoms with Crippen LogP contribution >= 0.6 is 11.3 Å². The fraction of sp³-hybridized carbons (Fsp3) is 0.226. The Kier molecular flexibility index (Phi) is 10.7. The van der Waals surface area contributed by atoms with Crippen LogP contribution in [0.15, 0.2) is 90.3 Å². The third-order valence-corrected chi connectivity index (χ3v) is 7.04. The van der Waals surface area contributed by atoms with Crippen molar-refractivity contribution < 1.29 is 23.5 Å². The Morgan fingerprint density at radius 1 is 0.951 bits per heavy atom. The van der Waals surface area contributed by atoms with Gasteiger partial charge in [0.05, 0.1) is 24.8 Å². The summed E-state index contributed by atoms with van der Waals surface area (Å²) in [5, 5.41) is 7.86. The van der Waals surface area contributed by atoms with Gasteiger partial charge in [-0.15, -0.1) is 11.3 Å². The van der Waals surface area contributed by atoms with E-state index in [0.29, 0.717) is 17.2 Å². The largest absolute Gasteiger partial charge is 0.383 e. The van der Waals surface area contributed by atoms with E-state index in [4.69, 9.17) is 4.74 Å². The van der Waals surface area contributed by atoms with E-state index in [2.05, 4.69) is 15.6 Å². The van der Waals surface area contributed by atoms with Gasteiger partial charge in [0.25, 0.3) is 5.91 Å². The van der Waals surface area contributed by atoms with Gasteiger partial charge in [0.1, 0.15) is 12.4 Å². The molecule has 4 aromatic rings. The van der Waals surface area contributed by atoms with Gasteiger partial charge < -0.3 is 20.3 Å². The van der Waals surface area contributed by atoms with Crippen LogP contribution in [0.1, 0.15) is 33.2 Å². The number of nitrogens with zero attached hydrogens (tertiary/aromatic N) is 2. The van der Waals surface area contributed by atoms with Crippen molar-refractivity contribution in [2.24, 2.45) is 0 Å². The van der Waals surface area contributed by atoms with Gasteiger partial charge in [-0.2, -0.15) is 0 Å². The molecule has 4 rings (SSSR count). The van der Waals surface area contributed by atoms with Crippen molar-refractivity contribution in [2.75, 3.05) is 32.1 Å². The molecule has 0 saturated heterocycles. The summed E-state index contributed by atoms with van der Waals surface area (Å²) in [7, 11) is 1.50. The number of aromatic nitrogens is 1. The van der Waals surface area contributed by atoms with E-state index >= 15 is 0 Å². The minimum atomic E-state index is -0.456. The van der Waals surface area contributed by atoms with Gasteiger partial charge in [-0.1, -0.05) is 60.7 Å². The average Bonchev–Trinajstić information content (AvgIpc) is 3.42. The number of benzene rings is 3. The van der Waals surface area contributed by atoms with Crippen LogP contribution in [0.5, 0.6) is 0 Å². The van der Waals surface area contributed by atoms with Gasteiger partial charge in [0.2, 0.25) is 11.8 Å². The lowest BCUT2D eigenvalue weighted by Gasteiger charge is -2.21. The highest BCUT2D eigenvalue weighted by atomic mass is 32.1. The number of rotatable bonds is 13. The van der Waals surface area contributed by atoms with Crippen LogP contribution in [0, 0.1) is 5.82 Å². The molecule has 0 aliphatic carbocycles. The molecule has 0 aliphatic heterocycles. The lowest BCUT2D eigenvalue weighted by atomic mass is 9.98. The number of hydrogen-bond donors (Lipinski definition) is 2. The monoisotopic (exact) mass is 574 g/mol. The Hall–Kier alpha value is -4.41. The Labute approximate surface area is 242 Å². The normalized spacial score (nSPS) is 11.5. The number of anilines is 1. The molecule has 3 aromatic carbocycles. The molecule has 0 aliphatic rings. The lowest BCUT2D eigenvalue weighted by Crippen LogP contribution is -2.40. The number of thiazole rings is 1. The van der Waals surface area contributed by atoms with E-state index in [1.807, 2.05) is 60.7 Å². The Morgan fingerprint density at radius 3 is 2.32 bits per heavy atom. The second-order valence-electron chi connectivity index (χ2n) is 9.32. The van der Waals surface area contributed by atoms with Gasteiger partial charge in [0, 0.05) is 24.6 Å². The van der Waals surface area contributed by atoms with Gasteiger partial charge in [0.15, 0.2) is 5.13 Å².